The number of benzene rings is 1. The van der Waals surface area contributed by atoms with Crippen molar-refractivity contribution in [3.8, 4) is 22.9 Å². The van der Waals surface area contributed by atoms with Gasteiger partial charge in [0.2, 0.25) is 27.7 Å². The molecule has 8 rings (SSSR count). The predicted octanol–water partition coefficient (Wildman–Crippen LogP) is 6.12. The Morgan fingerprint density at radius 2 is 1.79 bits per heavy atom. The third kappa shape index (κ3) is 9.61. The molecule has 63 heavy (non-hydrogen) atoms. The molecule has 2 aliphatic carbocycles. The van der Waals surface area contributed by atoms with Gasteiger partial charge in [-0.3, -0.25) is 28.9 Å². The summed E-state index contributed by atoms with van der Waals surface area (Å²) in [7, 11) is -2.49. The lowest BCUT2D eigenvalue weighted by Crippen LogP contribution is -2.57. The summed E-state index contributed by atoms with van der Waals surface area (Å²) in [5, 5.41) is 2.92. The second kappa shape index (κ2) is 17.9. The van der Waals surface area contributed by atoms with Gasteiger partial charge in [0.15, 0.2) is 0 Å². The fourth-order valence-electron chi connectivity index (χ4n) is 9.06. The van der Waals surface area contributed by atoms with E-state index in [1.807, 2.05) is 12.2 Å². The van der Waals surface area contributed by atoms with E-state index in [0.29, 0.717) is 72.3 Å². The number of rotatable bonds is 9. The maximum atomic E-state index is 14.9. The largest absolute Gasteiger partial charge is 0.495 e. The first-order chi connectivity index (χ1) is 30.1. The van der Waals surface area contributed by atoms with Crippen LogP contribution in [0.5, 0.6) is 11.5 Å². The first-order valence-corrected chi connectivity index (χ1v) is 23.5. The Hall–Kier alpha value is -4.97. The second-order valence-corrected chi connectivity index (χ2v) is 19.6. The zero-order valence-electron chi connectivity index (χ0n) is 34.7. The molecule has 5 aliphatic rings. The molecule has 3 aromatic rings. The number of ether oxygens (including phenoxy) is 2. The highest BCUT2D eigenvalue weighted by atomic mass is 35.5. The molecule has 5 atom stereocenters. The maximum absolute atomic E-state index is 14.9. The quantitative estimate of drug-likeness (QED) is 0.238. The molecule has 19 heteroatoms. The van der Waals surface area contributed by atoms with Crippen LogP contribution in [0, 0.1) is 17.8 Å². The van der Waals surface area contributed by atoms with Crippen molar-refractivity contribution < 1.29 is 50.2 Å². The fraction of sp³-hybridized carbons (Fsp3) is 0.545. The van der Waals surface area contributed by atoms with Crippen LogP contribution in [-0.4, -0.2) is 108 Å². The SMILES string of the molecule is COc1ccc2c(O[C@@H]3C[C@H]4C(=O)N[C@]5(C(=O)NS(=O)(=O)C6CC6)CC5/C=C\CCCCC[C@H](CC(=O)N5CCC(C(F)(F)F)CC5)C(=O)N4C3)cc(-c3ccccn3)nc2c1Cl. The highest BCUT2D eigenvalue weighted by Crippen LogP contribution is 2.47. The first kappa shape index (κ1) is 44.6. The van der Waals surface area contributed by atoms with Crippen molar-refractivity contribution in [2.75, 3.05) is 26.7 Å². The van der Waals surface area contributed by atoms with Crippen molar-refractivity contribution in [3.63, 3.8) is 0 Å². The van der Waals surface area contributed by atoms with Gasteiger partial charge in [-0.25, -0.2) is 13.4 Å². The van der Waals surface area contributed by atoms with Gasteiger partial charge >= 0.3 is 6.18 Å². The Morgan fingerprint density at radius 1 is 1.02 bits per heavy atom. The number of pyridine rings is 2. The van der Waals surface area contributed by atoms with E-state index in [-0.39, 0.29) is 56.8 Å². The van der Waals surface area contributed by atoms with Crippen LogP contribution in [0.2, 0.25) is 5.02 Å². The summed E-state index contributed by atoms with van der Waals surface area (Å²) in [6, 6.07) is 9.20. The van der Waals surface area contributed by atoms with Crippen LogP contribution in [0.1, 0.15) is 77.0 Å². The minimum absolute atomic E-state index is 0.0472. The molecule has 0 bridgehead atoms. The van der Waals surface area contributed by atoms with Crippen molar-refractivity contribution in [2.45, 2.75) is 106 Å². The number of likely N-dealkylation sites (tertiary alicyclic amines) is 1. The molecule has 4 amide bonds. The summed E-state index contributed by atoms with van der Waals surface area (Å²) in [5.41, 5.74) is -0.284. The molecule has 3 aliphatic heterocycles. The number of piperidine rings is 1. The Bertz CT molecular complexity index is 2400. The van der Waals surface area contributed by atoms with Gasteiger partial charge in [-0.2, -0.15) is 13.2 Å². The average molecular weight is 915 g/mol. The Morgan fingerprint density at radius 3 is 2.49 bits per heavy atom. The van der Waals surface area contributed by atoms with Crippen LogP contribution in [-0.2, 0) is 29.2 Å². The summed E-state index contributed by atoms with van der Waals surface area (Å²) < 4.78 is 80.7. The molecule has 338 valence electrons. The standard InChI is InChI=1S/C44H50ClF3N6O8S/c1-61-35-15-14-31-36(23-33(50-39(31)38(35)45)32-11-7-8-18-49-32)62-29-22-34-40(56)51-43(42(58)52-63(59,60)30-12-13-30)24-28(43)10-6-4-2-3-5-9-26(41(57)54(34)25-29)21-37(55)53-19-16-27(17-20-53)44(46,47)48/h6-8,10-11,14-15,18,23,26-30,34H,2-5,9,12-13,16-17,19-22,24-25H2,1H3,(H,51,56)(H,52,58)/b10-6-/t26-,28?,29-,34+,43-/m1/s1. The topological polar surface area (TPSA) is 177 Å². The number of allylic oxidation sites excluding steroid dienone is 1. The molecule has 2 saturated carbocycles. The summed E-state index contributed by atoms with van der Waals surface area (Å²) in [5.74, 6) is -4.70. The van der Waals surface area contributed by atoms with E-state index < -0.39 is 80.5 Å². The van der Waals surface area contributed by atoms with Crippen molar-refractivity contribution >= 4 is 56.2 Å². The number of nitrogens with zero attached hydrogens (tertiary/aromatic N) is 4. The smallest absolute Gasteiger partial charge is 0.391 e. The number of carbonyl (C=O) groups is 4. The molecular formula is C44H50ClF3N6O8S. The van der Waals surface area contributed by atoms with Crippen LogP contribution >= 0.6 is 11.6 Å². The van der Waals surface area contributed by atoms with Gasteiger partial charge in [-0.05, 0) is 75.6 Å². The van der Waals surface area contributed by atoms with Gasteiger partial charge < -0.3 is 24.6 Å². The number of halogens is 4. The molecule has 2 N–H and O–H groups in total. The fourth-order valence-corrected chi connectivity index (χ4v) is 10.7. The lowest BCUT2D eigenvalue weighted by Gasteiger charge is -2.34. The molecule has 2 saturated heterocycles. The molecule has 5 heterocycles. The zero-order chi connectivity index (χ0) is 44.7. The molecule has 2 aromatic heterocycles. The number of hydrogen-bond donors (Lipinski definition) is 2. The number of fused-ring (bicyclic) bond motifs is 3. The summed E-state index contributed by atoms with van der Waals surface area (Å²) in [6.07, 6.45) is 3.32. The summed E-state index contributed by atoms with van der Waals surface area (Å²) >= 11 is 6.79. The van der Waals surface area contributed by atoms with Crippen molar-refractivity contribution in [1.82, 2.24) is 29.8 Å². The highest BCUT2D eigenvalue weighted by molar-refractivity contribution is 7.91. The molecule has 0 radical (unpaired) electrons. The zero-order valence-corrected chi connectivity index (χ0v) is 36.3. The van der Waals surface area contributed by atoms with E-state index in [9.17, 15) is 40.8 Å². The van der Waals surface area contributed by atoms with E-state index in [2.05, 4.69) is 15.0 Å². The number of nitrogens with one attached hydrogen (secondary N) is 2. The van der Waals surface area contributed by atoms with Crippen LogP contribution < -0.4 is 19.5 Å². The first-order valence-electron chi connectivity index (χ1n) is 21.5. The van der Waals surface area contributed by atoms with Gasteiger partial charge in [0, 0.05) is 55.4 Å². The van der Waals surface area contributed by atoms with Gasteiger partial charge in [-0.1, -0.05) is 42.7 Å². The third-order valence-electron chi connectivity index (χ3n) is 13.0. The molecule has 0 spiro atoms. The van der Waals surface area contributed by atoms with E-state index in [1.165, 1.54) is 16.9 Å². The van der Waals surface area contributed by atoms with Gasteiger partial charge in [0.1, 0.15) is 34.2 Å². The van der Waals surface area contributed by atoms with Crippen molar-refractivity contribution in [2.24, 2.45) is 17.8 Å². The Balaban J connectivity index is 1.12. The summed E-state index contributed by atoms with van der Waals surface area (Å²) in [4.78, 5) is 69.2. The lowest BCUT2D eigenvalue weighted by atomic mass is 9.92. The number of sulfonamides is 1. The predicted molar refractivity (Wildman–Crippen MR) is 226 cm³/mol. The van der Waals surface area contributed by atoms with E-state index >= 15 is 0 Å². The number of methoxy groups -OCH3 is 1. The molecule has 1 aromatic carbocycles. The van der Waals surface area contributed by atoms with Gasteiger partial charge in [0.25, 0.3) is 5.91 Å². The number of hydrogen-bond acceptors (Lipinski definition) is 10. The molecule has 14 nitrogen and oxygen atoms in total. The number of carbonyl (C=O) groups excluding carboxylic acids is 4. The van der Waals surface area contributed by atoms with Gasteiger partial charge in [-0.15, -0.1) is 0 Å². The molecule has 1 unspecified atom stereocenters. The lowest BCUT2D eigenvalue weighted by molar-refractivity contribution is -0.186. The second-order valence-electron chi connectivity index (χ2n) is 17.3. The van der Waals surface area contributed by atoms with Crippen LogP contribution in [0.15, 0.2) is 54.7 Å². The number of alkyl halides is 3. The van der Waals surface area contributed by atoms with Crippen molar-refractivity contribution in [1.29, 1.82) is 0 Å². The van der Waals surface area contributed by atoms with Crippen molar-refractivity contribution in [3.05, 3.63) is 59.8 Å². The Kier molecular flexibility index (Phi) is 12.7. The van der Waals surface area contributed by atoms with Crippen LogP contribution in [0.4, 0.5) is 13.2 Å². The third-order valence-corrected chi connectivity index (χ3v) is 15.2. The highest BCUT2D eigenvalue weighted by Gasteiger charge is 2.62. The number of aromatic nitrogens is 2. The maximum Gasteiger partial charge on any atom is 0.391 e. The van der Waals surface area contributed by atoms with E-state index in [4.69, 9.17) is 26.1 Å². The normalized spacial score (nSPS) is 26.7. The minimum atomic E-state index is -4.36. The van der Waals surface area contributed by atoms with E-state index in [1.54, 1.807) is 42.6 Å². The monoisotopic (exact) mass is 914 g/mol. The molecular weight excluding hydrogens is 865 g/mol. The Labute approximate surface area is 368 Å². The minimum Gasteiger partial charge on any atom is -0.495 e. The van der Waals surface area contributed by atoms with E-state index in [0.717, 1.165) is 6.42 Å². The van der Waals surface area contributed by atoms with Gasteiger partial charge in [0.05, 0.1) is 41.7 Å². The van der Waals surface area contributed by atoms with Crippen LogP contribution in [0.3, 0.4) is 0 Å². The molecule has 4 fully saturated rings. The summed E-state index contributed by atoms with van der Waals surface area (Å²) in [6.45, 7) is -0.276. The number of amides is 4. The average Bonchev–Trinajstić information content (AvgIpc) is 4.19. The van der Waals surface area contributed by atoms with Crippen LogP contribution in [0.25, 0.3) is 22.3 Å².